The fraction of sp³-hybridized carbons (Fsp3) is 0.136. The van der Waals surface area contributed by atoms with Crippen molar-refractivity contribution >= 4 is 40.2 Å². The normalized spacial score (nSPS) is 12.0. The Balaban J connectivity index is 1.76. The average Bonchev–Trinajstić information content (AvgIpc) is 3.18. The number of hydrogen-bond acceptors (Lipinski definition) is 5. The third kappa shape index (κ3) is 4.25. The molecule has 30 heavy (non-hydrogen) atoms. The van der Waals surface area contributed by atoms with Gasteiger partial charge in [0.15, 0.2) is 0 Å². The molecule has 0 radical (unpaired) electrons. The van der Waals surface area contributed by atoms with Crippen LogP contribution >= 0.6 is 23.2 Å². The van der Waals surface area contributed by atoms with Crippen molar-refractivity contribution in [3.8, 4) is 11.4 Å². The van der Waals surface area contributed by atoms with E-state index in [9.17, 15) is 4.79 Å². The zero-order chi connectivity index (χ0) is 21.1. The van der Waals surface area contributed by atoms with Gasteiger partial charge in [-0.25, -0.2) is 4.79 Å². The molecule has 0 saturated carbocycles. The van der Waals surface area contributed by atoms with Crippen molar-refractivity contribution < 1.29 is 14.3 Å². The molecule has 0 amide bonds. The van der Waals surface area contributed by atoms with Crippen LogP contribution in [-0.4, -0.2) is 27.6 Å². The molecule has 0 saturated heterocycles. The lowest BCUT2D eigenvalue weighted by Gasteiger charge is -2.20. The molecule has 8 heteroatoms. The van der Waals surface area contributed by atoms with Crippen molar-refractivity contribution in [2.75, 3.05) is 6.61 Å². The molecule has 0 aliphatic rings. The largest absolute Gasteiger partial charge is 0.472 e. The lowest BCUT2D eigenvalue weighted by atomic mass is 10.1. The third-order valence-corrected chi connectivity index (χ3v) is 4.83. The Labute approximate surface area is 182 Å². The third-order valence-electron chi connectivity index (χ3n) is 4.34. The second-order valence-electron chi connectivity index (χ2n) is 6.39. The quantitative estimate of drug-likeness (QED) is 0.374. The van der Waals surface area contributed by atoms with Crippen LogP contribution in [0.2, 0.25) is 10.0 Å². The summed E-state index contributed by atoms with van der Waals surface area (Å²) in [4.78, 5) is 14.1. The molecule has 0 aliphatic heterocycles. The SMILES string of the molecule is CCOC(=O)C(Oc1ccc(Cl)cc1-n1nc2ccccc2n1)c1ccc(Cl)cc1. The molecule has 3 aromatic carbocycles. The highest BCUT2D eigenvalue weighted by Crippen LogP contribution is 2.31. The molecular formula is C22H17Cl2N3O3. The number of ether oxygens (including phenoxy) is 2. The summed E-state index contributed by atoms with van der Waals surface area (Å²) in [7, 11) is 0. The minimum absolute atomic E-state index is 0.228. The Bertz CT molecular complexity index is 1160. The van der Waals surface area contributed by atoms with Crippen molar-refractivity contribution in [1.82, 2.24) is 15.0 Å². The Morgan fingerprint density at radius 3 is 2.23 bits per heavy atom. The molecular weight excluding hydrogens is 425 g/mol. The van der Waals surface area contributed by atoms with Gasteiger partial charge in [0.1, 0.15) is 22.5 Å². The van der Waals surface area contributed by atoms with E-state index >= 15 is 0 Å². The average molecular weight is 442 g/mol. The van der Waals surface area contributed by atoms with Crippen LogP contribution < -0.4 is 4.74 Å². The molecule has 0 spiro atoms. The number of hydrogen-bond donors (Lipinski definition) is 0. The molecule has 1 heterocycles. The van der Waals surface area contributed by atoms with Crippen molar-refractivity contribution in [1.29, 1.82) is 0 Å². The van der Waals surface area contributed by atoms with Crippen molar-refractivity contribution in [3.63, 3.8) is 0 Å². The predicted octanol–water partition coefficient (Wildman–Crippen LogP) is 5.41. The fourth-order valence-corrected chi connectivity index (χ4v) is 3.24. The van der Waals surface area contributed by atoms with Gasteiger partial charge in [-0.1, -0.05) is 47.5 Å². The van der Waals surface area contributed by atoms with Gasteiger partial charge in [-0.05, 0) is 49.4 Å². The Kier molecular flexibility index (Phi) is 5.88. The summed E-state index contributed by atoms with van der Waals surface area (Å²) < 4.78 is 11.3. The molecule has 1 unspecified atom stereocenters. The predicted molar refractivity (Wildman–Crippen MR) is 115 cm³/mol. The lowest BCUT2D eigenvalue weighted by Crippen LogP contribution is -2.22. The van der Waals surface area contributed by atoms with Crippen molar-refractivity contribution in [2.24, 2.45) is 0 Å². The topological polar surface area (TPSA) is 66.2 Å². The van der Waals surface area contributed by atoms with Crippen LogP contribution in [0.3, 0.4) is 0 Å². The fourth-order valence-electron chi connectivity index (χ4n) is 2.95. The van der Waals surface area contributed by atoms with Gasteiger partial charge in [0.25, 0.3) is 0 Å². The second-order valence-corrected chi connectivity index (χ2v) is 7.26. The van der Waals surface area contributed by atoms with Crippen LogP contribution in [0.5, 0.6) is 5.75 Å². The summed E-state index contributed by atoms with van der Waals surface area (Å²) in [6.07, 6.45) is -0.993. The summed E-state index contributed by atoms with van der Waals surface area (Å²) in [5, 5.41) is 10.0. The zero-order valence-corrected chi connectivity index (χ0v) is 17.5. The van der Waals surface area contributed by atoms with Gasteiger partial charge >= 0.3 is 5.97 Å². The minimum atomic E-state index is -0.993. The van der Waals surface area contributed by atoms with Crippen LogP contribution in [0.1, 0.15) is 18.6 Å². The second kappa shape index (κ2) is 8.73. The Hall–Kier alpha value is -3.09. The number of rotatable bonds is 6. The van der Waals surface area contributed by atoms with E-state index in [0.29, 0.717) is 27.0 Å². The number of halogens is 2. The maximum atomic E-state index is 12.6. The smallest absolute Gasteiger partial charge is 0.352 e. The standard InChI is InChI=1S/C22H17Cl2N3O3/c1-2-29-22(28)21(14-7-9-15(23)10-8-14)30-20-12-11-16(24)13-19(20)27-25-17-5-3-4-6-18(17)26-27/h3-13,21H,2H2,1H3. The first-order valence-electron chi connectivity index (χ1n) is 9.26. The molecule has 6 nitrogen and oxygen atoms in total. The zero-order valence-electron chi connectivity index (χ0n) is 16.0. The van der Waals surface area contributed by atoms with Gasteiger partial charge in [0.05, 0.1) is 6.61 Å². The molecule has 1 atom stereocenters. The monoisotopic (exact) mass is 441 g/mol. The van der Waals surface area contributed by atoms with E-state index in [1.165, 1.54) is 4.80 Å². The highest BCUT2D eigenvalue weighted by molar-refractivity contribution is 6.31. The highest BCUT2D eigenvalue weighted by atomic mass is 35.5. The summed E-state index contributed by atoms with van der Waals surface area (Å²) in [6.45, 7) is 1.97. The molecule has 0 N–H and O–H groups in total. The number of carbonyl (C=O) groups is 1. The van der Waals surface area contributed by atoms with Gasteiger partial charge in [-0.3, -0.25) is 0 Å². The Morgan fingerprint density at radius 2 is 1.60 bits per heavy atom. The molecule has 152 valence electrons. The van der Waals surface area contributed by atoms with Crippen LogP contribution in [0, 0.1) is 0 Å². The van der Waals surface area contributed by atoms with Gasteiger partial charge in [0, 0.05) is 15.6 Å². The van der Waals surface area contributed by atoms with E-state index in [4.69, 9.17) is 32.7 Å². The molecule has 0 bridgehead atoms. The van der Waals surface area contributed by atoms with E-state index in [1.807, 2.05) is 24.3 Å². The molecule has 4 rings (SSSR count). The van der Waals surface area contributed by atoms with E-state index in [0.717, 1.165) is 11.0 Å². The van der Waals surface area contributed by atoms with Crippen LogP contribution in [0.15, 0.2) is 66.7 Å². The molecule has 0 fully saturated rings. The molecule has 0 aliphatic carbocycles. The highest BCUT2D eigenvalue weighted by Gasteiger charge is 2.26. The lowest BCUT2D eigenvalue weighted by molar-refractivity contribution is -0.151. The van der Waals surface area contributed by atoms with Gasteiger partial charge < -0.3 is 9.47 Å². The summed E-state index contributed by atoms with van der Waals surface area (Å²) in [5.74, 6) is -0.132. The number of aromatic nitrogens is 3. The number of carbonyl (C=O) groups excluding carboxylic acids is 1. The number of fused-ring (bicyclic) bond motifs is 1. The van der Waals surface area contributed by atoms with Gasteiger partial charge in [-0.2, -0.15) is 0 Å². The van der Waals surface area contributed by atoms with Crippen molar-refractivity contribution in [2.45, 2.75) is 13.0 Å². The minimum Gasteiger partial charge on any atom is -0.472 e. The number of benzene rings is 3. The van der Waals surface area contributed by atoms with Crippen molar-refractivity contribution in [3.05, 3.63) is 82.3 Å². The summed E-state index contributed by atoms with van der Waals surface area (Å²) in [6, 6.07) is 19.3. The first kappa shape index (κ1) is 20.2. The molecule has 1 aromatic heterocycles. The first-order chi connectivity index (χ1) is 14.5. The maximum Gasteiger partial charge on any atom is 0.352 e. The molecule has 4 aromatic rings. The van der Waals surface area contributed by atoms with E-state index < -0.39 is 12.1 Å². The number of esters is 1. The van der Waals surface area contributed by atoms with Gasteiger partial charge in [-0.15, -0.1) is 15.0 Å². The first-order valence-corrected chi connectivity index (χ1v) is 10.0. The number of nitrogens with zero attached hydrogens (tertiary/aromatic N) is 3. The Morgan fingerprint density at radius 1 is 0.967 bits per heavy atom. The van der Waals surface area contributed by atoms with Crippen LogP contribution in [0.4, 0.5) is 0 Å². The van der Waals surface area contributed by atoms with Gasteiger partial charge in [0.2, 0.25) is 6.10 Å². The van der Waals surface area contributed by atoms with Crippen LogP contribution in [-0.2, 0) is 9.53 Å². The van der Waals surface area contributed by atoms with E-state index in [1.54, 1.807) is 49.4 Å². The van der Waals surface area contributed by atoms with Crippen LogP contribution in [0.25, 0.3) is 16.7 Å². The maximum absolute atomic E-state index is 12.6. The summed E-state index contributed by atoms with van der Waals surface area (Å²) >= 11 is 12.2. The van der Waals surface area contributed by atoms with E-state index in [2.05, 4.69) is 10.2 Å². The van der Waals surface area contributed by atoms with E-state index in [-0.39, 0.29) is 6.61 Å². The summed E-state index contributed by atoms with van der Waals surface area (Å²) in [5.41, 5.74) is 2.56.